The number of hydrogen-bond acceptors (Lipinski definition) is 2. The van der Waals surface area contributed by atoms with Gasteiger partial charge in [0.1, 0.15) is 0 Å². The van der Waals surface area contributed by atoms with Crippen molar-refractivity contribution in [1.82, 2.24) is 0 Å². The predicted molar refractivity (Wildman–Crippen MR) is 45.1 cm³/mol. The highest BCUT2D eigenvalue weighted by atomic mass is 35.5. The van der Waals surface area contributed by atoms with Crippen molar-refractivity contribution in [1.29, 1.82) is 5.26 Å². The highest BCUT2D eigenvalue weighted by molar-refractivity contribution is 6.26. The van der Waals surface area contributed by atoms with E-state index in [1.165, 1.54) is 0 Å². The molecular weight excluding hydrogens is 177 g/mol. The molecule has 0 saturated heterocycles. The molecule has 0 fully saturated rings. The van der Waals surface area contributed by atoms with Crippen LogP contribution < -0.4 is 0 Å². The molecule has 0 radical (unpaired) electrons. The topological polar surface area (TPSA) is 33.0 Å². The maximum Gasteiger partial charge on any atom is 0.162 e. The van der Waals surface area contributed by atoms with Gasteiger partial charge in [-0.1, -0.05) is 0 Å². The average Bonchev–Trinajstić information content (AvgIpc) is 1.69. The van der Waals surface area contributed by atoms with E-state index in [0.29, 0.717) is 6.42 Å². The zero-order valence-electron chi connectivity index (χ0n) is 5.29. The fourth-order valence-corrected chi connectivity index (χ4v) is 0.887. The van der Waals surface area contributed by atoms with Crippen molar-refractivity contribution >= 4 is 34.6 Å². The average molecular weight is 188 g/mol. The van der Waals surface area contributed by atoms with Gasteiger partial charge in [0, 0.05) is 13.5 Å². The van der Waals surface area contributed by atoms with Crippen LogP contribution in [0.5, 0.6) is 0 Å². The molecule has 9 heavy (non-hydrogen) atoms. The third-order valence-corrected chi connectivity index (χ3v) is 1.69. The van der Waals surface area contributed by atoms with Crippen molar-refractivity contribution in [3.8, 4) is 6.07 Å². The minimum atomic E-state index is -0.312. The van der Waals surface area contributed by atoms with Crippen LogP contribution in [-0.2, 0) is 4.43 Å². The molecule has 2 nitrogen and oxygen atoms in total. The van der Waals surface area contributed by atoms with E-state index in [1.54, 1.807) is 7.11 Å². The molecule has 0 aromatic carbocycles. The minimum absolute atomic E-state index is 0. The van der Waals surface area contributed by atoms with Crippen molar-refractivity contribution in [2.45, 2.75) is 12.5 Å². The van der Waals surface area contributed by atoms with Gasteiger partial charge in [-0.2, -0.15) is 5.26 Å². The van der Waals surface area contributed by atoms with Crippen molar-refractivity contribution in [3.05, 3.63) is 0 Å². The van der Waals surface area contributed by atoms with E-state index >= 15 is 0 Å². The van der Waals surface area contributed by atoms with Crippen LogP contribution in [0.4, 0.5) is 0 Å². The lowest BCUT2D eigenvalue weighted by atomic mass is 10.6. The molecule has 0 rings (SSSR count). The summed E-state index contributed by atoms with van der Waals surface area (Å²) in [6.45, 7) is 0. The predicted octanol–water partition coefficient (Wildman–Crippen LogP) is 0.892. The summed E-state index contributed by atoms with van der Waals surface area (Å²) >= 11 is 0. The van der Waals surface area contributed by atoms with Gasteiger partial charge in [0.05, 0.1) is 6.07 Å². The Morgan fingerprint density at radius 3 is 2.44 bits per heavy atom. The summed E-state index contributed by atoms with van der Waals surface area (Å²) in [6, 6.07) is 3.05. The van der Waals surface area contributed by atoms with Crippen LogP contribution in [0.25, 0.3) is 0 Å². The molecule has 0 amide bonds. The highest BCUT2D eigenvalue weighted by Gasteiger charge is 1.81. The summed E-state index contributed by atoms with van der Waals surface area (Å²) in [5, 5.41) is 8.01. The van der Waals surface area contributed by atoms with Gasteiger partial charge >= 0.3 is 0 Å². The lowest BCUT2D eigenvalue weighted by Gasteiger charge is -1.86. The molecule has 0 aromatic heterocycles. The van der Waals surface area contributed by atoms with Gasteiger partial charge in [-0.15, -0.1) is 24.8 Å². The summed E-state index contributed by atoms with van der Waals surface area (Å²) in [6.07, 6.45) is 0.667. The molecule has 0 aliphatic heterocycles. The molecule has 0 N–H and O–H groups in total. The molecule has 5 heteroatoms. The standard InChI is InChI=1S/C4H9NOSi.2ClH/c1-6-7-4-2-3-5;;/h2,4,7H2,1H3;2*1H. The molecular formula is C4H11Cl2NOSi. The smallest absolute Gasteiger partial charge is 0.162 e. The fraction of sp³-hybridized carbons (Fsp3) is 0.750. The first kappa shape index (κ1) is 16.1. The van der Waals surface area contributed by atoms with Gasteiger partial charge in [0.15, 0.2) is 9.76 Å². The minimum Gasteiger partial charge on any atom is -0.427 e. The SMILES string of the molecule is CO[SiH2]CCC#N.Cl.Cl. The van der Waals surface area contributed by atoms with E-state index in [0.717, 1.165) is 6.04 Å². The first-order valence-electron chi connectivity index (χ1n) is 2.27. The maximum absolute atomic E-state index is 8.01. The van der Waals surface area contributed by atoms with Crippen LogP contribution >= 0.6 is 24.8 Å². The summed E-state index contributed by atoms with van der Waals surface area (Å²) in [7, 11) is 1.39. The summed E-state index contributed by atoms with van der Waals surface area (Å²) in [4.78, 5) is 0. The Bertz CT molecular complexity index is 75.5. The van der Waals surface area contributed by atoms with E-state index < -0.39 is 0 Å². The van der Waals surface area contributed by atoms with E-state index in [4.69, 9.17) is 9.69 Å². The molecule has 0 aliphatic carbocycles. The molecule has 0 spiro atoms. The lowest BCUT2D eigenvalue weighted by molar-refractivity contribution is 0.441. The third kappa shape index (κ3) is 17.8. The molecule has 0 aromatic rings. The molecule has 56 valence electrons. The highest BCUT2D eigenvalue weighted by Crippen LogP contribution is 1.83. The first-order valence-corrected chi connectivity index (χ1v) is 3.85. The number of nitrogens with zero attached hydrogens (tertiary/aromatic N) is 1. The van der Waals surface area contributed by atoms with Gasteiger partial charge < -0.3 is 4.43 Å². The van der Waals surface area contributed by atoms with Crippen molar-refractivity contribution in [2.75, 3.05) is 7.11 Å². The fourth-order valence-electron chi connectivity index (χ4n) is 0.296. The number of hydrogen-bond donors (Lipinski definition) is 0. The quantitative estimate of drug-likeness (QED) is 0.486. The zero-order valence-corrected chi connectivity index (χ0v) is 8.34. The molecule has 0 bridgehead atoms. The van der Waals surface area contributed by atoms with Gasteiger partial charge in [-0.05, 0) is 6.04 Å². The molecule has 0 aliphatic rings. The monoisotopic (exact) mass is 187 g/mol. The molecule has 0 saturated carbocycles. The van der Waals surface area contributed by atoms with Crippen molar-refractivity contribution in [3.63, 3.8) is 0 Å². The molecule has 0 atom stereocenters. The Morgan fingerprint density at radius 2 is 2.11 bits per heavy atom. The van der Waals surface area contributed by atoms with Crippen LogP contribution in [0, 0.1) is 11.3 Å². The molecule has 0 unspecified atom stereocenters. The van der Waals surface area contributed by atoms with Gasteiger partial charge in [-0.25, -0.2) is 0 Å². The Labute approximate surface area is 70.3 Å². The van der Waals surface area contributed by atoms with E-state index in [1.807, 2.05) is 0 Å². The van der Waals surface area contributed by atoms with E-state index in [2.05, 4.69) is 6.07 Å². The second-order valence-electron chi connectivity index (χ2n) is 1.25. The van der Waals surface area contributed by atoms with Gasteiger partial charge in [0.2, 0.25) is 0 Å². The van der Waals surface area contributed by atoms with Crippen LogP contribution in [0.2, 0.25) is 6.04 Å². The normalized spacial score (nSPS) is 7.56. The lowest BCUT2D eigenvalue weighted by Crippen LogP contribution is -1.89. The van der Waals surface area contributed by atoms with Crippen LogP contribution in [0.1, 0.15) is 6.42 Å². The summed E-state index contributed by atoms with van der Waals surface area (Å²) < 4.78 is 4.83. The first-order chi connectivity index (χ1) is 3.41. The van der Waals surface area contributed by atoms with Crippen LogP contribution in [-0.4, -0.2) is 16.9 Å². The summed E-state index contributed by atoms with van der Waals surface area (Å²) in [5.41, 5.74) is 0. The molecule has 0 heterocycles. The van der Waals surface area contributed by atoms with Crippen molar-refractivity contribution in [2.24, 2.45) is 0 Å². The third-order valence-electron chi connectivity index (χ3n) is 0.637. The summed E-state index contributed by atoms with van der Waals surface area (Å²) in [5.74, 6) is 0. The Kier molecular flexibility index (Phi) is 28.2. The number of rotatable bonds is 3. The maximum atomic E-state index is 8.01. The van der Waals surface area contributed by atoms with Crippen LogP contribution in [0.3, 0.4) is 0 Å². The van der Waals surface area contributed by atoms with E-state index in [-0.39, 0.29) is 34.6 Å². The Morgan fingerprint density at radius 1 is 1.56 bits per heavy atom. The second-order valence-corrected chi connectivity index (χ2v) is 2.95. The van der Waals surface area contributed by atoms with E-state index in [9.17, 15) is 0 Å². The second kappa shape index (κ2) is 15.7. The Balaban J connectivity index is -0.000000180. The Hall–Kier alpha value is 0.247. The van der Waals surface area contributed by atoms with Crippen molar-refractivity contribution < 1.29 is 4.43 Å². The largest absolute Gasteiger partial charge is 0.427 e. The number of halogens is 2. The van der Waals surface area contributed by atoms with Crippen LogP contribution in [0.15, 0.2) is 0 Å². The van der Waals surface area contributed by atoms with Gasteiger partial charge in [0.25, 0.3) is 0 Å². The zero-order chi connectivity index (χ0) is 5.54. The van der Waals surface area contributed by atoms with Gasteiger partial charge in [-0.3, -0.25) is 0 Å². The number of nitriles is 1.